The van der Waals surface area contributed by atoms with Gasteiger partial charge in [-0.05, 0) is 32.0 Å². The van der Waals surface area contributed by atoms with Crippen LogP contribution in [0.2, 0.25) is 0 Å². The molecule has 2 amide bonds. The lowest BCUT2D eigenvalue weighted by Gasteiger charge is -2.42. The fraction of sp³-hybridized carbons (Fsp3) is 0.438. The molecule has 138 valence electrons. The van der Waals surface area contributed by atoms with E-state index in [9.17, 15) is 19.7 Å². The van der Waals surface area contributed by atoms with Crippen LogP contribution in [0.25, 0.3) is 0 Å². The van der Waals surface area contributed by atoms with Crippen molar-refractivity contribution in [3.8, 4) is 11.8 Å². The third-order valence-electron chi connectivity index (χ3n) is 3.77. The number of ether oxygens (including phenoxy) is 1. The molecular formula is C16H18N4O6. The lowest BCUT2D eigenvalue weighted by atomic mass is 9.88. The molecule has 1 atom stereocenters. The van der Waals surface area contributed by atoms with Crippen molar-refractivity contribution < 1.29 is 24.3 Å². The van der Waals surface area contributed by atoms with Gasteiger partial charge in [-0.1, -0.05) is 0 Å². The number of benzene rings is 1. The maximum absolute atomic E-state index is 12.1. The second-order valence-electron chi connectivity index (χ2n) is 6.37. The molecule has 2 rings (SSSR count). The van der Waals surface area contributed by atoms with Crippen molar-refractivity contribution in [1.82, 2.24) is 10.4 Å². The Morgan fingerprint density at radius 3 is 2.81 bits per heavy atom. The first-order valence-electron chi connectivity index (χ1n) is 7.72. The third kappa shape index (κ3) is 4.38. The Labute approximate surface area is 149 Å². The number of hydrazine groups is 1. The molecule has 10 heteroatoms. The number of hydrogen-bond acceptors (Lipinski definition) is 7. The van der Waals surface area contributed by atoms with Gasteiger partial charge in [-0.25, -0.2) is 5.01 Å². The Morgan fingerprint density at radius 1 is 1.54 bits per heavy atom. The molecule has 0 spiro atoms. The number of amides is 2. The molecule has 0 aromatic heterocycles. The quantitative estimate of drug-likeness (QED) is 0.629. The van der Waals surface area contributed by atoms with Crippen LogP contribution in [0.4, 0.5) is 0 Å². The average Bonchev–Trinajstić information content (AvgIpc) is 2.55. The van der Waals surface area contributed by atoms with Crippen molar-refractivity contribution in [2.45, 2.75) is 38.8 Å². The lowest BCUT2D eigenvalue weighted by molar-refractivity contribution is -0.754. The van der Waals surface area contributed by atoms with Crippen LogP contribution in [0.5, 0.6) is 5.75 Å². The number of carbonyl (C=O) groups excluding carboxylic acids is 2. The monoisotopic (exact) mass is 362 g/mol. The van der Waals surface area contributed by atoms with Crippen LogP contribution >= 0.6 is 0 Å². The summed E-state index contributed by atoms with van der Waals surface area (Å²) < 4.78 is 5.89. The Kier molecular flexibility index (Phi) is 5.30. The average molecular weight is 362 g/mol. The molecule has 1 unspecified atom stereocenters. The van der Waals surface area contributed by atoms with Gasteiger partial charge in [0, 0.05) is 18.9 Å². The van der Waals surface area contributed by atoms with Crippen LogP contribution in [0, 0.1) is 21.4 Å². The van der Waals surface area contributed by atoms with Crippen molar-refractivity contribution in [2.24, 2.45) is 0 Å². The zero-order valence-electron chi connectivity index (χ0n) is 14.5. The SMILES string of the molecule is CC(=O)N(NC(=O)CO[N+](=O)[O-])C1CC(C)(C)Oc2ccc(C#N)cc21. The number of rotatable bonds is 4. The molecule has 1 heterocycles. The van der Waals surface area contributed by atoms with Crippen LogP contribution in [0.3, 0.4) is 0 Å². The summed E-state index contributed by atoms with van der Waals surface area (Å²) in [4.78, 5) is 38.2. The highest BCUT2D eigenvalue weighted by atomic mass is 16.9. The number of nitriles is 1. The van der Waals surface area contributed by atoms with Gasteiger partial charge in [0.25, 0.3) is 11.0 Å². The Hall–Kier alpha value is -3.35. The summed E-state index contributed by atoms with van der Waals surface area (Å²) in [6, 6.07) is 6.23. The molecule has 1 aliphatic heterocycles. The van der Waals surface area contributed by atoms with Gasteiger partial charge >= 0.3 is 0 Å². The molecule has 1 aromatic carbocycles. The van der Waals surface area contributed by atoms with E-state index in [2.05, 4.69) is 10.3 Å². The van der Waals surface area contributed by atoms with Gasteiger partial charge in [0.1, 0.15) is 11.4 Å². The highest BCUT2D eigenvalue weighted by Gasteiger charge is 2.39. The van der Waals surface area contributed by atoms with Crippen LogP contribution in [-0.4, -0.2) is 34.1 Å². The summed E-state index contributed by atoms with van der Waals surface area (Å²) in [7, 11) is 0. The number of hydrogen-bond donors (Lipinski definition) is 1. The third-order valence-corrected chi connectivity index (χ3v) is 3.77. The summed E-state index contributed by atoms with van der Waals surface area (Å²) in [6.07, 6.45) is 0.338. The van der Waals surface area contributed by atoms with Crippen LogP contribution in [-0.2, 0) is 14.4 Å². The number of carbonyl (C=O) groups is 2. The predicted octanol–water partition coefficient (Wildman–Crippen LogP) is 1.25. The summed E-state index contributed by atoms with van der Waals surface area (Å²) in [6.45, 7) is 4.08. The van der Waals surface area contributed by atoms with Gasteiger partial charge in [-0.3, -0.25) is 15.0 Å². The molecule has 1 N–H and O–H groups in total. The maximum Gasteiger partial charge on any atom is 0.295 e. The summed E-state index contributed by atoms with van der Waals surface area (Å²) in [5, 5.41) is 19.3. The zero-order valence-corrected chi connectivity index (χ0v) is 14.5. The normalized spacial score (nSPS) is 17.1. The van der Waals surface area contributed by atoms with Gasteiger partial charge in [0.05, 0.1) is 17.7 Å². The first-order valence-corrected chi connectivity index (χ1v) is 7.72. The largest absolute Gasteiger partial charge is 0.487 e. The number of nitrogens with one attached hydrogen (secondary N) is 1. The molecule has 0 saturated carbocycles. The molecule has 0 aliphatic carbocycles. The van der Waals surface area contributed by atoms with Crippen LogP contribution in [0.1, 0.15) is 44.4 Å². The topological polar surface area (TPSA) is 135 Å². The predicted molar refractivity (Wildman–Crippen MR) is 86.8 cm³/mol. The Balaban J connectivity index is 2.35. The van der Waals surface area contributed by atoms with E-state index in [1.165, 1.54) is 6.92 Å². The van der Waals surface area contributed by atoms with E-state index in [0.717, 1.165) is 5.01 Å². The number of nitrogens with zero attached hydrogens (tertiary/aromatic N) is 3. The van der Waals surface area contributed by atoms with E-state index in [-0.39, 0.29) is 0 Å². The van der Waals surface area contributed by atoms with E-state index in [1.807, 2.05) is 19.9 Å². The first-order chi connectivity index (χ1) is 12.1. The standard InChI is InChI=1S/C16H18N4O6/c1-10(21)19(18-15(22)9-25-20(23)24)13-7-16(2,3)26-14-5-4-11(8-17)6-12(13)14/h4-6,13H,7,9H2,1-3H3,(H,18,22). The van der Waals surface area contributed by atoms with Gasteiger partial charge in [-0.2, -0.15) is 5.26 Å². The van der Waals surface area contributed by atoms with Crippen LogP contribution in [0.15, 0.2) is 18.2 Å². The minimum Gasteiger partial charge on any atom is -0.487 e. The fourth-order valence-electron chi connectivity index (χ4n) is 2.77. The molecule has 0 radical (unpaired) electrons. The zero-order chi connectivity index (χ0) is 19.5. The molecule has 1 aromatic rings. The highest BCUT2D eigenvalue weighted by Crippen LogP contribution is 2.42. The van der Waals surface area contributed by atoms with Crippen molar-refractivity contribution in [1.29, 1.82) is 5.26 Å². The molecule has 0 saturated heterocycles. The van der Waals surface area contributed by atoms with Crippen molar-refractivity contribution in [2.75, 3.05) is 6.61 Å². The maximum atomic E-state index is 12.1. The van der Waals surface area contributed by atoms with E-state index < -0.39 is 35.2 Å². The van der Waals surface area contributed by atoms with Gasteiger partial charge in [-0.15, -0.1) is 10.1 Å². The van der Waals surface area contributed by atoms with Crippen molar-refractivity contribution >= 4 is 11.8 Å². The molecule has 0 bridgehead atoms. The van der Waals surface area contributed by atoms with E-state index >= 15 is 0 Å². The van der Waals surface area contributed by atoms with Gasteiger partial charge in [0.2, 0.25) is 5.91 Å². The minimum absolute atomic E-state index is 0.338. The van der Waals surface area contributed by atoms with Crippen molar-refractivity contribution in [3.63, 3.8) is 0 Å². The van der Waals surface area contributed by atoms with Crippen molar-refractivity contribution in [3.05, 3.63) is 39.4 Å². The van der Waals surface area contributed by atoms with Gasteiger partial charge in [0.15, 0.2) is 6.61 Å². The smallest absolute Gasteiger partial charge is 0.295 e. The van der Waals surface area contributed by atoms with Gasteiger partial charge < -0.3 is 9.57 Å². The second-order valence-corrected chi connectivity index (χ2v) is 6.37. The summed E-state index contributed by atoms with van der Waals surface area (Å²) in [5.74, 6) is -0.832. The molecule has 1 aliphatic rings. The molecular weight excluding hydrogens is 344 g/mol. The molecule has 26 heavy (non-hydrogen) atoms. The minimum atomic E-state index is -1.09. The molecule has 10 nitrogen and oxygen atoms in total. The van der Waals surface area contributed by atoms with Crippen LogP contribution < -0.4 is 10.2 Å². The summed E-state index contributed by atoms with van der Waals surface area (Å²) >= 11 is 0. The van der Waals surface area contributed by atoms with E-state index in [4.69, 9.17) is 10.00 Å². The first kappa shape index (κ1) is 19.0. The van der Waals surface area contributed by atoms with E-state index in [1.54, 1.807) is 18.2 Å². The number of fused-ring (bicyclic) bond motifs is 1. The second kappa shape index (κ2) is 7.26. The Morgan fingerprint density at radius 2 is 2.23 bits per heavy atom. The Bertz CT molecular complexity index is 785. The summed E-state index contributed by atoms with van der Waals surface area (Å²) in [5.41, 5.74) is 2.64. The highest BCUT2D eigenvalue weighted by molar-refractivity contribution is 5.82. The lowest BCUT2D eigenvalue weighted by Crippen LogP contribution is -2.52. The van der Waals surface area contributed by atoms with E-state index in [0.29, 0.717) is 23.3 Å². The molecule has 0 fully saturated rings. The fourth-order valence-corrected chi connectivity index (χ4v) is 2.77.